The lowest BCUT2D eigenvalue weighted by atomic mass is 9.93. The van der Waals surface area contributed by atoms with Crippen molar-refractivity contribution in [2.24, 2.45) is 11.7 Å². The van der Waals surface area contributed by atoms with Gasteiger partial charge in [-0.25, -0.2) is 4.39 Å². The number of hydrogen-bond donors (Lipinski definition) is 2. The van der Waals surface area contributed by atoms with Crippen LogP contribution in [0.15, 0.2) is 18.2 Å². The highest BCUT2D eigenvalue weighted by atomic mass is 35.5. The molecule has 4 heteroatoms. The highest BCUT2D eigenvalue weighted by Crippen LogP contribution is 2.53. The van der Waals surface area contributed by atoms with Gasteiger partial charge in [-0.1, -0.05) is 17.7 Å². The molecule has 0 saturated heterocycles. The van der Waals surface area contributed by atoms with E-state index in [1.54, 1.807) is 6.07 Å². The summed E-state index contributed by atoms with van der Waals surface area (Å²) >= 11 is 5.61. The zero-order chi connectivity index (χ0) is 11.1. The van der Waals surface area contributed by atoms with E-state index in [1.165, 1.54) is 12.1 Å². The Morgan fingerprint density at radius 2 is 2.33 bits per heavy atom. The Labute approximate surface area is 92.9 Å². The fourth-order valence-corrected chi connectivity index (χ4v) is 2.26. The van der Waals surface area contributed by atoms with E-state index >= 15 is 0 Å². The van der Waals surface area contributed by atoms with Crippen LogP contribution < -0.4 is 5.73 Å². The third kappa shape index (κ3) is 1.65. The predicted molar refractivity (Wildman–Crippen MR) is 57.3 cm³/mol. The molecule has 1 saturated carbocycles. The molecular weight excluding hydrogens is 217 g/mol. The van der Waals surface area contributed by atoms with Crippen LogP contribution in [-0.2, 0) is 5.41 Å². The molecule has 0 bridgehead atoms. The molecule has 1 aromatic rings. The molecule has 0 aliphatic heterocycles. The lowest BCUT2D eigenvalue weighted by Crippen LogP contribution is -2.23. The van der Waals surface area contributed by atoms with E-state index in [1.807, 2.05) is 0 Å². The highest BCUT2D eigenvalue weighted by molar-refractivity contribution is 6.30. The van der Waals surface area contributed by atoms with Gasteiger partial charge in [0.05, 0.1) is 5.02 Å². The summed E-state index contributed by atoms with van der Waals surface area (Å²) in [5, 5.41) is 9.20. The Morgan fingerprint density at radius 3 is 2.80 bits per heavy atom. The van der Waals surface area contributed by atoms with Crippen molar-refractivity contribution in [2.75, 3.05) is 13.2 Å². The topological polar surface area (TPSA) is 46.2 Å². The molecule has 1 aliphatic rings. The largest absolute Gasteiger partial charge is 0.396 e. The molecule has 15 heavy (non-hydrogen) atoms. The van der Waals surface area contributed by atoms with Crippen LogP contribution in [0, 0.1) is 11.7 Å². The van der Waals surface area contributed by atoms with Crippen molar-refractivity contribution in [3.63, 3.8) is 0 Å². The van der Waals surface area contributed by atoms with E-state index in [9.17, 15) is 4.39 Å². The van der Waals surface area contributed by atoms with Gasteiger partial charge in [0.15, 0.2) is 0 Å². The van der Waals surface area contributed by atoms with E-state index in [0.29, 0.717) is 6.54 Å². The minimum Gasteiger partial charge on any atom is -0.396 e. The maximum atomic E-state index is 13.3. The maximum absolute atomic E-state index is 13.3. The fourth-order valence-electron chi connectivity index (χ4n) is 2.15. The van der Waals surface area contributed by atoms with Crippen LogP contribution in [0.5, 0.6) is 0 Å². The molecule has 82 valence electrons. The van der Waals surface area contributed by atoms with Crippen molar-refractivity contribution in [1.29, 1.82) is 0 Å². The molecule has 1 aliphatic carbocycles. The second-order valence-corrected chi connectivity index (χ2v) is 4.48. The van der Waals surface area contributed by atoms with Crippen LogP contribution in [-0.4, -0.2) is 18.3 Å². The van der Waals surface area contributed by atoms with Crippen molar-refractivity contribution < 1.29 is 9.50 Å². The first-order valence-electron chi connectivity index (χ1n) is 4.90. The molecule has 0 aromatic heterocycles. The molecule has 1 aromatic carbocycles. The van der Waals surface area contributed by atoms with E-state index in [2.05, 4.69) is 0 Å². The SMILES string of the molecule is NCC1(c2ccc(Cl)c(F)c2)CC1CO. The van der Waals surface area contributed by atoms with Gasteiger partial charge in [-0.15, -0.1) is 0 Å². The number of benzene rings is 1. The van der Waals surface area contributed by atoms with E-state index in [-0.39, 0.29) is 23.0 Å². The van der Waals surface area contributed by atoms with Crippen LogP contribution in [0.4, 0.5) is 4.39 Å². The summed E-state index contributed by atoms with van der Waals surface area (Å²) in [4.78, 5) is 0. The lowest BCUT2D eigenvalue weighted by Gasteiger charge is -2.15. The minimum absolute atomic E-state index is 0.0987. The zero-order valence-electron chi connectivity index (χ0n) is 8.21. The number of hydrogen-bond acceptors (Lipinski definition) is 2. The Kier molecular flexibility index (Phi) is 2.71. The van der Waals surface area contributed by atoms with Gasteiger partial charge in [-0.05, 0) is 30.0 Å². The van der Waals surface area contributed by atoms with Gasteiger partial charge in [0.1, 0.15) is 5.82 Å². The first-order valence-corrected chi connectivity index (χ1v) is 5.28. The molecule has 0 amide bonds. The van der Waals surface area contributed by atoms with Crippen LogP contribution in [0.3, 0.4) is 0 Å². The third-order valence-electron chi connectivity index (χ3n) is 3.31. The summed E-state index contributed by atoms with van der Waals surface area (Å²) in [6.45, 7) is 0.529. The predicted octanol–water partition coefficient (Wildman–Crippen LogP) is 1.69. The Morgan fingerprint density at radius 1 is 1.60 bits per heavy atom. The number of nitrogens with two attached hydrogens (primary N) is 1. The van der Waals surface area contributed by atoms with E-state index in [4.69, 9.17) is 22.4 Å². The van der Waals surface area contributed by atoms with E-state index < -0.39 is 5.82 Å². The van der Waals surface area contributed by atoms with Crippen LogP contribution in [0.2, 0.25) is 5.02 Å². The summed E-state index contributed by atoms with van der Waals surface area (Å²) in [7, 11) is 0. The Bertz CT molecular complexity index is 385. The summed E-state index contributed by atoms with van der Waals surface area (Å²) in [5.74, 6) is -0.270. The van der Waals surface area contributed by atoms with Crippen molar-refractivity contribution in [3.8, 4) is 0 Å². The van der Waals surface area contributed by atoms with Crippen molar-refractivity contribution in [2.45, 2.75) is 11.8 Å². The van der Waals surface area contributed by atoms with Crippen molar-refractivity contribution >= 4 is 11.6 Å². The smallest absolute Gasteiger partial charge is 0.142 e. The number of aliphatic hydroxyl groups is 1. The average Bonchev–Trinajstić information content (AvgIpc) is 2.97. The van der Waals surface area contributed by atoms with Gasteiger partial charge >= 0.3 is 0 Å². The van der Waals surface area contributed by atoms with Crippen LogP contribution in [0.1, 0.15) is 12.0 Å². The summed E-state index contributed by atoms with van der Waals surface area (Å²) < 4.78 is 13.3. The zero-order valence-corrected chi connectivity index (χ0v) is 8.97. The van der Waals surface area contributed by atoms with Gasteiger partial charge in [0.25, 0.3) is 0 Å². The number of aliphatic hydroxyl groups excluding tert-OH is 1. The first kappa shape index (κ1) is 10.9. The molecule has 2 atom stereocenters. The van der Waals surface area contributed by atoms with Gasteiger partial charge < -0.3 is 10.8 Å². The molecule has 1 fully saturated rings. The number of rotatable bonds is 3. The quantitative estimate of drug-likeness (QED) is 0.829. The molecule has 2 unspecified atom stereocenters. The standard InChI is InChI=1S/C11H13ClFNO/c12-9-2-1-7(3-10(9)13)11(6-14)4-8(11)5-15/h1-3,8,15H,4-6,14H2. The Hall–Kier alpha value is -0.640. The molecule has 0 spiro atoms. The Balaban J connectivity index is 2.33. The van der Waals surface area contributed by atoms with Gasteiger partial charge in [0, 0.05) is 18.6 Å². The third-order valence-corrected chi connectivity index (χ3v) is 3.62. The van der Waals surface area contributed by atoms with Crippen molar-refractivity contribution in [1.82, 2.24) is 0 Å². The molecule has 0 radical (unpaired) electrons. The minimum atomic E-state index is -0.425. The fraction of sp³-hybridized carbons (Fsp3) is 0.455. The first-order chi connectivity index (χ1) is 7.14. The number of halogens is 2. The normalized spacial score (nSPS) is 29.2. The maximum Gasteiger partial charge on any atom is 0.142 e. The monoisotopic (exact) mass is 229 g/mol. The van der Waals surface area contributed by atoms with Gasteiger partial charge in [-0.2, -0.15) is 0 Å². The van der Waals surface area contributed by atoms with Gasteiger partial charge in [0.2, 0.25) is 0 Å². The molecule has 0 heterocycles. The average molecular weight is 230 g/mol. The second kappa shape index (κ2) is 3.74. The van der Waals surface area contributed by atoms with Crippen LogP contribution in [0.25, 0.3) is 0 Å². The van der Waals surface area contributed by atoms with Gasteiger partial charge in [-0.3, -0.25) is 0 Å². The summed E-state index contributed by atoms with van der Waals surface area (Å²) in [5.41, 5.74) is 6.29. The summed E-state index contributed by atoms with van der Waals surface area (Å²) in [6, 6.07) is 4.75. The van der Waals surface area contributed by atoms with Crippen LogP contribution >= 0.6 is 11.6 Å². The second-order valence-electron chi connectivity index (χ2n) is 4.07. The molecular formula is C11H13ClFNO. The highest BCUT2D eigenvalue weighted by Gasteiger charge is 2.53. The van der Waals surface area contributed by atoms with E-state index in [0.717, 1.165) is 12.0 Å². The molecule has 2 rings (SSSR count). The lowest BCUT2D eigenvalue weighted by molar-refractivity contribution is 0.264. The summed E-state index contributed by atoms with van der Waals surface area (Å²) in [6.07, 6.45) is 0.821. The molecule has 3 N–H and O–H groups in total. The molecule has 2 nitrogen and oxygen atoms in total. The van der Waals surface area contributed by atoms with Crippen molar-refractivity contribution in [3.05, 3.63) is 34.6 Å².